The van der Waals surface area contributed by atoms with E-state index in [1.807, 2.05) is 6.20 Å². The largest absolute Gasteiger partial charge is 0.355 e. The Morgan fingerprint density at radius 1 is 1.40 bits per heavy atom. The number of hydrogen-bond donors (Lipinski definition) is 0. The summed E-state index contributed by atoms with van der Waals surface area (Å²) in [6.07, 6.45) is 7.67. The molecule has 2 unspecified atom stereocenters. The molecule has 80 valence electrons. The topological polar surface area (TPSA) is 29.0 Å². The minimum Gasteiger partial charge on any atom is -0.355 e. The molecule has 3 nitrogen and oxygen atoms in total. The van der Waals surface area contributed by atoms with Crippen molar-refractivity contribution in [1.29, 1.82) is 0 Å². The van der Waals surface area contributed by atoms with Crippen LogP contribution in [0.3, 0.4) is 0 Å². The predicted molar refractivity (Wildman–Crippen MR) is 62.8 cm³/mol. The van der Waals surface area contributed by atoms with E-state index in [0.29, 0.717) is 0 Å². The number of aromatic nitrogens is 2. The van der Waals surface area contributed by atoms with Crippen molar-refractivity contribution in [3.05, 3.63) is 17.0 Å². The van der Waals surface area contributed by atoms with Crippen LogP contribution in [-0.2, 0) is 0 Å². The summed E-state index contributed by atoms with van der Waals surface area (Å²) in [5.41, 5.74) is 0. The third-order valence-corrected chi connectivity index (χ3v) is 4.35. The lowest BCUT2D eigenvalue weighted by Crippen LogP contribution is -2.25. The van der Waals surface area contributed by atoms with E-state index in [1.54, 1.807) is 6.33 Å². The molecular weight excluding hydrogens is 254 g/mol. The van der Waals surface area contributed by atoms with Crippen molar-refractivity contribution in [3.8, 4) is 0 Å². The Kier molecular flexibility index (Phi) is 2.20. The average Bonchev–Trinajstić information content (AvgIpc) is 2.72. The molecule has 2 atom stereocenters. The number of nitrogens with zero attached hydrogens (tertiary/aromatic N) is 3. The summed E-state index contributed by atoms with van der Waals surface area (Å²) in [6.45, 7) is 0. The van der Waals surface area contributed by atoms with E-state index in [1.165, 1.54) is 19.3 Å². The summed E-state index contributed by atoms with van der Waals surface area (Å²) in [5, 5.41) is 0. The molecule has 0 bridgehead atoms. The van der Waals surface area contributed by atoms with E-state index in [4.69, 9.17) is 0 Å². The van der Waals surface area contributed by atoms with E-state index in [9.17, 15) is 0 Å². The molecule has 0 amide bonds. The minimum absolute atomic E-state index is 0.727. The molecule has 0 radical (unpaired) electrons. The lowest BCUT2D eigenvalue weighted by atomic mass is 10.2. The van der Waals surface area contributed by atoms with Crippen LogP contribution < -0.4 is 4.90 Å². The summed E-state index contributed by atoms with van der Waals surface area (Å²) in [4.78, 5) is 10.6. The highest BCUT2D eigenvalue weighted by Crippen LogP contribution is 2.55. The molecule has 15 heavy (non-hydrogen) atoms. The quantitative estimate of drug-likeness (QED) is 0.825. The second-order valence-corrected chi connectivity index (χ2v) is 5.41. The Hall–Kier alpha value is -0.640. The van der Waals surface area contributed by atoms with Crippen LogP contribution in [0.4, 0.5) is 5.82 Å². The third-order valence-electron chi connectivity index (χ3n) is 3.79. The average molecular weight is 268 g/mol. The van der Waals surface area contributed by atoms with Crippen molar-refractivity contribution >= 4 is 21.7 Å². The molecule has 0 N–H and O–H groups in total. The maximum atomic E-state index is 4.33. The summed E-state index contributed by atoms with van der Waals surface area (Å²) in [5.74, 6) is 2.89. The summed E-state index contributed by atoms with van der Waals surface area (Å²) in [7, 11) is 2.15. The Labute approximate surface area is 98.0 Å². The molecule has 2 aliphatic rings. The molecule has 2 fully saturated rings. The van der Waals surface area contributed by atoms with Gasteiger partial charge in [0.1, 0.15) is 12.1 Å². The highest BCUT2D eigenvalue weighted by atomic mass is 79.9. The number of hydrogen-bond acceptors (Lipinski definition) is 3. The van der Waals surface area contributed by atoms with Gasteiger partial charge in [-0.05, 0) is 40.6 Å². The molecule has 2 aliphatic carbocycles. The van der Waals surface area contributed by atoms with Gasteiger partial charge in [-0.1, -0.05) is 6.42 Å². The summed E-state index contributed by atoms with van der Waals surface area (Å²) in [6, 6.07) is 0.727. The lowest BCUT2D eigenvalue weighted by molar-refractivity contribution is 0.645. The number of halogens is 1. The Balaban J connectivity index is 1.81. The zero-order valence-electron chi connectivity index (χ0n) is 8.73. The Bertz CT molecular complexity index is 372. The van der Waals surface area contributed by atoms with Gasteiger partial charge in [0.15, 0.2) is 0 Å². The smallest absolute Gasteiger partial charge is 0.146 e. The van der Waals surface area contributed by atoms with Gasteiger partial charge in [0, 0.05) is 19.3 Å². The van der Waals surface area contributed by atoms with Gasteiger partial charge in [-0.25, -0.2) is 9.97 Å². The normalized spacial score (nSPS) is 32.5. The molecule has 0 saturated heterocycles. The van der Waals surface area contributed by atoms with Crippen LogP contribution in [-0.4, -0.2) is 23.1 Å². The molecule has 0 aliphatic heterocycles. The second kappa shape index (κ2) is 3.44. The SMILES string of the molecule is CN(c1ncncc1Br)C1C2CCCC21. The number of fused-ring (bicyclic) bond motifs is 1. The molecule has 4 heteroatoms. The zero-order valence-corrected chi connectivity index (χ0v) is 10.3. The van der Waals surface area contributed by atoms with Crippen LogP contribution >= 0.6 is 15.9 Å². The first-order valence-electron chi connectivity index (χ1n) is 5.47. The summed E-state index contributed by atoms with van der Waals surface area (Å²) < 4.78 is 0.998. The van der Waals surface area contributed by atoms with Gasteiger partial charge in [0.2, 0.25) is 0 Å². The maximum Gasteiger partial charge on any atom is 0.146 e. The zero-order chi connectivity index (χ0) is 10.4. The molecule has 1 heterocycles. The first-order chi connectivity index (χ1) is 7.29. The van der Waals surface area contributed by atoms with E-state index < -0.39 is 0 Å². The van der Waals surface area contributed by atoms with Crippen molar-refractivity contribution in [3.63, 3.8) is 0 Å². The van der Waals surface area contributed by atoms with E-state index in [-0.39, 0.29) is 0 Å². The fraction of sp³-hybridized carbons (Fsp3) is 0.636. The van der Waals surface area contributed by atoms with Crippen LogP contribution in [0.1, 0.15) is 19.3 Å². The fourth-order valence-electron chi connectivity index (χ4n) is 3.07. The fourth-order valence-corrected chi connectivity index (χ4v) is 3.57. The van der Waals surface area contributed by atoms with Crippen molar-refractivity contribution in [2.75, 3.05) is 11.9 Å². The molecule has 2 saturated carbocycles. The highest BCUT2D eigenvalue weighted by molar-refractivity contribution is 9.10. The molecular formula is C11H14BrN3. The van der Waals surface area contributed by atoms with Crippen molar-refractivity contribution in [2.45, 2.75) is 25.3 Å². The first kappa shape index (κ1) is 9.58. The maximum absolute atomic E-state index is 4.33. The number of anilines is 1. The van der Waals surface area contributed by atoms with E-state index >= 15 is 0 Å². The van der Waals surface area contributed by atoms with Crippen molar-refractivity contribution in [1.82, 2.24) is 9.97 Å². The van der Waals surface area contributed by atoms with Crippen LogP contribution in [0.5, 0.6) is 0 Å². The van der Waals surface area contributed by atoms with Crippen LogP contribution in [0.15, 0.2) is 17.0 Å². The van der Waals surface area contributed by atoms with Crippen LogP contribution in [0, 0.1) is 11.8 Å². The Morgan fingerprint density at radius 3 is 2.80 bits per heavy atom. The van der Waals surface area contributed by atoms with Gasteiger partial charge in [0.05, 0.1) is 4.47 Å². The highest BCUT2D eigenvalue weighted by Gasteiger charge is 2.55. The van der Waals surface area contributed by atoms with Gasteiger partial charge in [-0.15, -0.1) is 0 Å². The monoisotopic (exact) mass is 267 g/mol. The van der Waals surface area contributed by atoms with Gasteiger partial charge < -0.3 is 4.90 Å². The van der Waals surface area contributed by atoms with Crippen LogP contribution in [0.25, 0.3) is 0 Å². The summed E-state index contributed by atoms with van der Waals surface area (Å²) >= 11 is 3.51. The predicted octanol–water partition coefficient (Wildman–Crippen LogP) is 2.47. The lowest BCUT2D eigenvalue weighted by Gasteiger charge is -2.21. The second-order valence-electron chi connectivity index (χ2n) is 4.55. The third kappa shape index (κ3) is 1.46. The van der Waals surface area contributed by atoms with Gasteiger partial charge in [0.25, 0.3) is 0 Å². The van der Waals surface area contributed by atoms with Crippen LogP contribution in [0.2, 0.25) is 0 Å². The first-order valence-corrected chi connectivity index (χ1v) is 6.26. The van der Waals surface area contributed by atoms with Gasteiger partial charge >= 0.3 is 0 Å². The van der Waals surface area contributed by atoms with Gasteiger partial charge in [-0.3, -0.25) is 0 Å². The van der Waals surface area contributed by atoms with Crippen molar-refractivity contribution in [2.24, 2.45) is 11.8 Å². The Morgan fingerprint density at radius 2 is 2.13 bits per heavy atom. The molecule has 1 aromatic heterocycles. The number of rotatable bonds is 2. The molecule has 0 aromatic carbocycles. The molecule has 0 spiro atoms. The standard InChI is InChI=1S/C11H14BrN3/c1-15(10-7-3-2-4-8(7)10)11-9(12)5-13-6-14-11/h5-8,10H,2-4H2,1H3. The van der Waals surface area contributed by atoms with E-state index in [2.05, 4.69) is 37.8 Å². The molecule has 3 rings (SSSR count). The minimum atomic E-state index is 0.727. The van der Waals surface area contributed by atoms with Crippen molar-refractivity contribution < 1.29 is 0 Å². The van der Waals surface area contributed by atoms with Gasteiger partial charge in [-0.2, -0.15) is 0 Å². The molecule has 1 aromatic rings. The van der Waals surface area contributed by atoms with E-state index in [0.717, 1.165) is 28.2 Å².